The molecule has 0 radical (unpaired) electrons. The molecule has 0 saturated heterocycles. The number of halogens is 1. The molecule has 1 aliphatic carbocycles. The molecule has 0 aromatic heterocycles. The van der Waals surface area contributed by atoms with Crippen molar-refractivity contribution in [3.05, 3.63) is 68.7 Å². The molecule has 2 aromatic carbocycles. The Morgan fingerprint density at radius 2 is 1.86 bits per heavy atom. The molecule has 1 aliphatic rings. The third-order valence-electron chi connectivity index (χ3n) is 4.69. The summed E-state index contributed by atoms with van der Waals surface area (Å²) in [5, 5.41) is 3.51. The first-order valence-corrected chi connectivity index (χ1v) is 8.41. The average Bonchev–Trinajstić information content (AvgIpc) is 2.45. The maximum absolute atomic E-state index is 3.66. The predicted octanol–water partition coefficient (Wildman–Crippen LogP) is 5.06. The highest BCUT2D eigenvalue weighted by molar-refractivity contribution is 9.10. The molecule has 2 unspecified atom stereocenters. The summed E-state index contributed by atoms with van der Waals surface area (Å²) in [6.45, 7) is 4.35. The number of rotatable bonds is 4. The Balaban J connectivity index is 1.81. The topological polar surface area (TPSA) is 12.0 Å². The summed E-state index contributed by atoms with van der Waals surface area (Å²) in [7, 11) is 2.07. The molecule has 0 bridgehead atoms. The first kappa shape index (κ1) is 14.8. The normalized spacial score (nSPS) is 18.0. The standard InChI is InChI=1S/C19H22BrN/c1-12-8-16(9-13(2)19(12)20)18(21-3)11-15-10-14-6-4-5-7-17(14)15/h4-9,15,18,21H,10-11H2,1-3H3. The fourth-order valence-electron chi connectivity index (χ4n) is 3.46. The summed E-state index contributed by atoms with van der Waals surface area (Å²) in [5.74, 6) is 0.697. The summed E-state index contributed by atoms with van der Waals surface area (Å²) in [4.78, 5) is 0. The Morgan fingerprint density at radius 1 is 1.19 bits per heavy atom. The zero-order valence-corrected chi connectivity index (χ0v) is 14.5. The van der Waals surface area contributed by atoms with Gasteiger partial charge in [0.15, 0.2) is 0 Å². The molecule has 2 aromatic rings. The van der Waals surface area contributed by atoms with Crippen LogP contribution in [-0.4, -0.2) is 7.05 Å². The highest BCUT2D eigenvalue weighted by Gasteiger charge is 2.28. The van der Waals surface area contributed by atoms with Gasteiger partial charge in [-0.3, -0.25) is 0 Å². The van der Waals surface area contributed by atoms with Gasteiger partial charge in [-0.15, -0.1) is 0 Å². The molecule has 0 saturated carbocycles. The van der Waals surface area contributed by atoms with Crippen molar-refractivity contribution in [2.75, 3.05) is 7.05 Å². The van der Waals surface area contributed by atoms with E-state index in [1.165, 1.54) is 39.6 Å². The lowest BCUT2D eigenvalue weighted by Crippen LogP contribution is -2.25. The van der Waals surface area contributed by atoms with Gasteiger partial charge in [-0.2, -0.15) is 0 Å². The van der Waals surface area contributed by atoms with Crippen LogP contribution in [0.2, 0.25) is 0 Å². The predicted molar refractivity (Wildman–Crippen MR) is 92.9 cm³/mol. The molecule has 3 rings (SSSR count). The van der Waals surface area contributed by atoms with Crippen molar-refractivity contribution in [2.45, 2.75) is 38.6 Å². The Morgan fingerprint density at radius 3 is 2.48 bits per heavy atom. The fraction of sp³-hybridized carbons (Fsp3) is 0.368. The Kier molecular flexibility index (Phi) is 4.19. The zero-order valence-electron chi connectivity index (χ0n) is 12.9. The van der Waals surface area contributed by atoms with Gasteiger partial charge in [-0.1, -0.05) is 52.3 Å². The molecule has 2 heteroatoms. The number of benzene rings is 2. The van der Waals surface area contributed by atoms with Crippen molar-refractivity contribution in [3.8, 4) is 0 Å². The molecule has 0 fully saturated rings. The van der Waals surface area contributed by atoms with Gasteiger partial charge < -0.3 is 5.32 Å². The quantitative estimate of drug-likeness (QED) is 0.818. The van der Waals surface area contributed by atoms with Crippen LogP contribution in [0.3, 0.4) is 0 Å². The summed E-state index contributed by atoms with van der Waals surface area (Å²) in [6, 6.07) is 13.9. The third-order valence-corrected chi connectivity index (χ3v) is 5.94. The Bertz CT molecular complexity index is 639. The Hall–Kier alpha value is -1.12. The second kappa shape index (κ2) is 5.94. The number of fused-ring (bicyclic) bond motifs is 1. The van der Waals surface area contributed by atoms with Gasteiger partial charge in [0, 0.05) is 10.5 Å². The summed E-state index contributed by atoms with van der Waals surface area (Å²) in [6.07, 6.45) is 2.40. The molecule has 0 aliphatic heterocycles. The van der Waals surface area contributed by atoms with E-state index in [0.29, 0.717) is 12.0 Å². The second-order valence-corrected chi connectivity index (χ2v) is 6.94. The van der Waals surface area contributed by atoms with E-state index in [2.05, 4.69) is 78.5 Å². The summed E-state index contributed by atoms with van der Waals surface area (Å²) >= 11 is 3.66. The van der Waals surface area contributed by atoms with E-state index in [-0.39, 0.29) is 0 Å². The van der Waals surface area contributed by atoms with E-state index in [4.69, 9.17) is 0 Å². The number of hydrogen-bond donors (Lipinski definition) is 1. The van der Waals surface area contributed by atoms with Crippen LogP contribution in [0.1, 0.15) is 46.2 Å². The average molecular weight is 344 g/mol. The van der Waals surface area contributed by atoms with E-state index in [0.717, 1.165) is 0 Å². The lowest BCUT2D eigenvalue weighted by molar-refractivity contribution is 0.452. The fourth-order valence-corrected chi connectivity index (χ4v) is 3.69. The minimum Gasteiger partial charge on any atom is -0.313 e. The van der Waals surface area contributed by atoms with Crippen LogP contribution in [0.4, 0.5) is 0 Å². The van der Waals surface area contributed by atoms with Gasteiger partial charge in [-0.05, 0) is 67.5 Å². The Labute approximate surface area is 135 Å². The highest BCUT2D eigenvalue weighted by Crippen LogP contribution is 2.41. The van der Waals surface area contributed by atoms with Crippen molar-refractivity contribution in [1.29, 1.82) is 0 Å². The van der Waals surface area contributed by atoms with Crippen LogP contribution in [-0.2, 0) is 6.42 Å². The third kappa shape index (κ3) is 2.79. The minimum atomic E-state index is 0.425. The lowest BCUT2D eigenvalue weighted by Gasteiger charge is -2.33. The SMILES string of the molecule is CNC(CC1Cc2ccccc21)c1cc(C)c(Br)c(C)c1. The van der Waals surface area contributed by atoms with Crippen molar-refractivity contribution in [2.24, 2.45) is 0 Å². The summed E-state index contributed by atoms with van der Waals surface area (Å²) in [5.41, 5.74) is 7.11. The van der Waals surface area contributed by atoms with Crippen LogP contribution in [0, 0.1) is 13.8 Å². The molecule has 110 valence electrons. The van der Waals surface area contributed by atoms with Gasteiger partial charge >= 0.3 is 0 Å². The molecule has 2 atom stereocenters. The van der Waals surface area contributed by atoms with Gasteiger partial charge in [-0.25, -0.2) is 0 Å². The van der Waals surface area contributed by atoms with Crippen LogP contribution in [0.25, 0.3) is 0 Å². The van der Waals surface area contributed by atoms with E-state index < -0.39 is 0 Å². The number of hydrogen-bond acceptors (Lipinski definition) is 1. The molecule has 1 nitrogen and oxygen atoms in total. The maximum atomic E-state index is 3.66. The molecular formula is C19H22BrN. The number of aryl methyl sites for hydroxylation is 2. The van der Waals surface area contributed by atoms with Gasteiger partial charge in [0.2, 0.25) is 0 Å². The molecule has 0 amide bonds. The highest BCUT2D eigenvalue weighted by atomic mass is 79.9. The van der Waals surface area contributed by atoms with Crippen molar-refractivity contribution < 1.29 is 0 Å². The monoisotopic (exact) mass is 343 g/mol. The van der Waals surface area contributed by atoms with E-state index in [1.54, 1.807) is 5.56 Å². The van der Waals surface area contributed by atoms with E-state index in [1.807, 2.05) is 0 Å². The van der Waals surface area contributed by atoms with Crippen LogP contribution in [0.15, 0.2) is 40.9 Å². The molecule has 0 spiro atoms. The smallest absolute Gasteiger partial charge is 0.0323 e. The second-order valence-electron chi connectivity index (χ2n) is 6.15. The largest absolute Gasteiger partial charge is 0.313 e. The molecule has 1 N–H and O–H groups in total. The molecule has 0 heterocycles. The first-order chi connectivity index (χ1) is 10.1. The zero-order chi connectivity index (χ0) is 15.0. The number of nitrogens with one attached hydrogen (secondary N) is 1. The van der Waals surface area contributed by atoms with Crippen molar-refractivity contribution in [1.82, 2.24) is 5.32 Å². The maximum Gasteiger partial charge on any atom is 0.0323 e. The van der Waals surface area contributed by atoms with E-state index >= 15 is 0 Å². The van der Waals surface area contributed by atoms with Gasteiger partial charge in [0.25, 0.3) is 0 Å². The molecule has 21 heavy (non-hydrogen) atoms. The van der Waals surface area contributed by atoms with E-state index in [9.17, 15) is 0 Å². The van der Waals surface area contributed by atoms with Gasteiger partial charge in [0.1, 0.15) is 0 Å². The first-order valence-electron chi connectivity index (χ1n) is 7.62. The van der Waals surface area contributed by atoms with Crippen molar-refractivity contribution >= 4 is 15.9 Å². The van der Waals surface area contributed by atoms with Crippen LogP contribution in [0.5, 0.6) is 0 Å². The van der Waals surface area contributed by atoms with Gasteiger partial charge in [0.05, 0.1) is 0 Å². The van der Waals surface area contributed by atoms with Crippen LogP contribution < -0.4 is 5.32 Å². The lowest BCUT2D eigenvalue weighted by atomic mass is 9.73. The van der Waals surface area contributed by atoms with Crippen molar-refractivity contribution in [3.63, 3.8) is 0 Å². The summed E-state index contributed by atoms with van der Waals surface area (Å²) < 4.78 is 1.23. The minimum absolute atomic E-state index is 0.425. The molecular weight excluding hydrogens is 322 g/mol. The van der Waals surface area contributed by atoms with Crippen LogP contribution >= 0.6 is 15.9 Å².